The maximum Gasteiger partial charge on any atom is 0.249 e. The lowest BCUT2D eigenvalue weighted by atomic mass is 9.98. The van der Waals surface area contributed by atoms with Crippen LogP contribution in [-0.4, -0.2) is 30.1 Å². The maximum atomic E-state index is 12.7. The summed E-state index contributed by atoms with van der Waals surface area (Å²) in [6.45, 7) is 9.91. The van der Waals surface area contributed by atoms with E-state index in [1.165, 1.54) is 5.56 Å². The SMILES string of the molecule is CC(C)CC(CC(C)C)OCC(=O)N1CCCC1c1ccccc1. The molecule has 1 unspecified atom stereocenters. The van der Waals surface area contributed by atoms with Crippen molar-refractivity contribution in [3.05, 3.63) is 35.9 Å². The van der Waals surface area contributed by atoms with Crippen molar-refractivity contribution in [2.24, 2.45) is 11.8 Å². The zero-order valence-electron chi connectivity index (χ0n) is 15.7. The van der Waals surface area contributed by atoms with Crippen LogP contribution in [0, 0.1) is 11.8 Å². The van der Waals surface area contributed by atoms with Crippen LogP contribution in [0.25, 0.3) is 0 Å². The summed E-state index contributed by atoms with van der Waals surface area (Å²) in [5.74, 6) is 1.32. The Morgan fingerprint density at radius 2 is 1.75 bits per heavy atom. The molecule has 3 heteroatoms. The summed E-state index contributed by atoms with van der Waals surface area (Å²) in [6.07, 6.45) is 4.36. The summed E-state index contributed by atoms with van der Waals surface area (Å²) in [4.78, 5) is 14.7. The summed E-state index contributed by atoms with van der Waals surface area (Å²) in [7, 11) is 0. The van der Waals surface area contributed by atoms with Gasteiger partial charge < -0.3 is 9.64 Å². The van der Waals surface area contributed by atoms with E-state index in [1.54, 1.807) is 0 Å². The Kier molecular flexibility index (Phi) is 7.29. The van der Waals surface area contributed by atoms with Gasteiger partial charge in [0.15, 0.2) is 0 Å². The largest absolute Gasteiger partial charge is 0.368 e. The first-order valence-corrected chi connectivity index (χ1v) is 9.43. The van der Waals surface area contributed by atoms with Gasteiger partial charge in [0.1, 0.15) is 6.61 Å². The molecule has 1 amide bonds. The maximum absolute atomic E-state index is 12.7. The lowest BCUT2D eigenvalue weighted by Gasteiger charge is -2.27. The van der Waals surface area contributed by atoms with Crippen LogP contribution in [0.1, 0.15) is 65.0 Å². The molecule has 1 aliphatic heterocycles. The van der Waals surface area contributed by atoms with E-state index in [1.807, 2.05) is 23.1 Å². The van der Waals surface area contributed by atoms with Crippen LogP contribution >= 0.6 is 0 Å². The third kappa shape index (κ3) is 5.62. The predicted molar refractivity (Wildman–Crippen MR) is 98.8 cm³/mol. The Labute approximate surface area is 147 Å². The van der Waals surface area contributed by atoms with Crippen molar-refractivity contribution in [3.63, 3.8) is 0 Å². The van der Waals surface area contributed by atoms with Gasteiger partial charge in [-0.2, -0.15) is 0 Å². The molecule has 0 aromatic heterocycles. The molecule has 1 aromatic carbocycles. The third-order valence-corrected chi connectivity index (χ3v) is 4.67. The van der Waals surface area contributed by atoms with Crippen molar-refractivity contribution in [2.75, 3.05) is 13.2 Å². The fraction of sp³-hybridized carbons (Fsp3) is 0.667. The molecule has 0 radical (unpaired) electrons. The summed E-state index contributed by atoms with van der Waals surface area (Å²) in [5, 5.41) is 0. The number of hydrogen-bond acceptors (Lipinski definition) is 2. The van der Waals surface area contributed by atoms with Gasteiger partial charge in [0, 0.05) is 6.54 Å². The van der Waals surface area contributed by atoms with Gasteiger partial charge in [-0.05, 0) is 43.1 Å². The molecule has 0 N–H and O–H groups in total. The first-order chi connectivity index (χ1) is 11.5. The number of ether oxygens (including phenoxy) is 1. The molecular formula is C21H33NO2. The molecule has 1 atom stereocenters. The standard InChI is InChI=1S/C21H33NO2/c1-16(2)13-19(14-17(3)4)24-15-21(23)22-12-8-11-20(22)18-9-6-5-7-10-18/h5-7,9-10,16-17,19-20H,8,11-15H2,1-4H3. The van der Waals surface area contributed by atoms with Crippen LogP contribution in [-0.2, 0) is 9.53 Å². The van der Waals surface area contributed by atoms with Crippen molar-refractivity contribution in [1.29, 1.82) is 0 Å². The van der Waals surface area contributed by atoms with Crippen LogP contribution in [0.5, 0.6) is 0 Å². The Morgan fingerprint density at radius 3 is 2.33 bits per heavy atom. The minimum absolute atomic E-state index is 0.138. The molecule has 1 aromatic rings. The smallest absolute Gasteiger partial charge is 0.249 e. The highest BCUT2D eigenvalue weighted by atomic mass is 16.5. The van der Waals surface area contributed by atoms with Crippen molar-refractivity contribution in [1.82, 2.24) is 4.90 Å². The molecule has 1 aliphatic rings. The van der Waals surface area contributed by atoms with Gasteiger partial charge in [0.25, 0.3) is 0 Å². The molecule has 0 saturated carbocycles. The van der Waals surface area contributed by atoms with Crippen molar-refractivity contribution >= 4 is 5.91 Å². The van der Waals surface area contributed by atoms with Crippen LogP contribution in [0.3, 0.4) is 0 Å². The minimum atomic E-state index is 0.138. The minimum Gasteiger partial charge on any atom is -0.368 e. The van der Waals surface area contributed by atoms with Gasteiger partial charge >= 0.3 is 0 Å². The number of hydrogen-bond donors (Lipinski definition) is 0. The molecule has 1 heterocycles. The quantitative estimate of drug-likeness (QED) is 0.683. The van der Waals surface area contributed by atoms with Gasteiger partial charge in [-0.25, -0.2) is 0 Å². The molecule has 1 fully saturated rings. The molecule has 0 bridgehead atoms. The van der Waals surface area contributed by atoms with Gasteiger partial charge in [0.2, 0.25) is 5.91 Å². The number of carbonyl (C=O) groups excluding carboxylic acids is 1. The number of amides is 1. The highest BCUT2D eigenvalue weighted by molar-refractivity contribution is 5.78. The second-order valence-electron chi connectivity index (χ2n) is 7.85. The number of nitrogens with zero attached hydrogens (tertiary/aromatic N) is 1. The number of rotatable bonds is 8. The average Bonchev–Trinajstić information content (AvgIpc) is 3.01. The Balaban J connectivity index is 1.92. The van der Waals surface area contributed by atoms with E-state index in [2.05, 4.69) is 39.8 Å². The van der Waals surface area contributed by atoms with E-state index < -0.39 is 0 Å². The van der Waals surface area contributed by atoms with Gasteiger partial charge in [0.05, 0.1) is 12.1 Å². The van der Waals surface area contributed by atoms with Crippen molar-refractivity contribution in [2.45, 2.75) is 65.5 Å². The lowest BCUT2D eigenvalue weighted by Crippen LogP contribution is -2.35. The monoisotopic (exact) mass is 331 g/mol. The Hall–Kier alpha value is -1.35. The second-order valence-corrected chi connectivity index (χ2v) is 7.85. The van der Waals surface area contributed by atoms with E-state index >= 15 is 0 Å². The van der Waals surface area contributed by atoms with Crippen LogP contribution in [0.4, 0.5) is 0 Å². The van der Waals surface area contributed by atoms with Crippen LogP contribution in [0.2, 0.25) is 0 Å². The molecule has 2 rings (SSSR count). The molecule has 3 nitrogen and oxygen atoms in total. The molecule has 134 valence electrons. The predicted octanol–water partition coefficient (Wildman–Crippen LogP) is 4.83. The zero-order valence-corrected chi connectivity index (χ0v) is 15.7. The summed E-state index contributed by atoms with van der Waals surface area (Å²) >= 11 is 0. The summed E-state index contributed by atoms with van der Waals surface area (Å²) in [6, 6.07) is 10.6. The summed E-state index contributed by atoms with van der Waals surface area (Å²) in [5.41, 5.74) is 1.24. The average molecular weight is 331 g/mol. The fourth-order valence-corrected chi connectivity index (χ4v) is 3.64. The normalized spacial score (nSPS) is 18.1. The Bertz CT molecular complexity index is 488. The molecule has 1 saturated heterocycles. The third-order valence-electron chi connectivity index (χ3n) is 4.67. The van der Waals surface area contributed by atoms with E-state index in [-0.39, 0.29) is 24.7 Å². The second kappa shape index (κ2) is 9.22. The van der Waals surface area contributed by atoms with E-state index in [9.17, 15) is 4.79 Å². The van der Waals surface area contributed by atoms with E-state index in [0.717, 1.165) is 32.2 Å². The van der Waals surface area contributed by atoms with Gasteiger partial charge in [-0.3, -0.25) is 4.79 Å². The van der Waals surface area contributed by atoms with Crippen molar-refractivity contribution in [3.8, 4) is 0 Å². The molecule has 24 heavy (non-hydrogen) atoms. The van der Waals surface area contributed by atoms with Crippen molar-refractivity contribution < 1.29 is 9.53 Å². The lowest BCUT2D eigenvalue weighted by molar-refractivity contribution is -0.139. The zero-order chi connectivity index (χ0) is 17.5. The number of benzene rings is 1. The van der Waals surface area contributed by atoms with Gasteiger partial charge in [-0.1, -0.05) is 58.0 Å². The molecular weight excluding hydrogens is 298 g/mol. The first kappa shape index (κ1) is 19.0. The van der Waals surface area contributed by atoms with Crippen LogP contribution in [0.15, 0.2) is 30.3 Å². The number of likely N-dealkylation sites (tertiary alicyclic amines) is 1. The fourth-order valence-electron chi connectivity index (χ4n) is 3.64. The van der Waals surface area contributed by atoms with Gasteiger partial charge in [-0.15, -0.1) is 0 Å². The van der Waals surface area contributed by atoms with E-state index in [4.69, 9.17) is 4.74 Å². The molecule has 0 aliphatic carbocycles. The van der Waals surface area contributed by atoms with Crippen LogP contribution < -0.4 is 0 Å². The molecule has 0 spiro atoms. The number of carbonyl (C=O) groups is 1. The summed E-state index contributed by atoms with van der Waals surface area (Å²) < 4.78 is 6.03. The first-order valence-electron chi connectivity index (χ1n) is 9.43. The highest BCUT2D eigenvalue weighted by Gasteiger charge is 2.30. The Morgan fingerprint density at radius 1 is 1.12 bits per heavy atom. The van der Waals surface area contributed by atoms with E-state index in [0.29, 0.717) is 11.8 Å². The highest BCUT2D eigenvalue weighted by Crippen LogP contribution is 2.31. The topological polar surface area (TPSA) is 29.5 Å².